The monoisotopic (exact) mass is 344 g/mol. The van der Waals surface area contributed by atoms with Gasteiger partial charge < -0.3 is 5.73 Å². The van der Waals surface area contributed by atoms with Crippen LogP contribution in [0.25, 0.3) is 11.2 Å². The minimum Gasteiger partial charge on any atom is -0.369 e. The molecule has 1 saturated heterocycles. The predicted molar refractivity (Wildman–Crippen MR) is 76.4 cm³/mol. The van der Waals surface area contributed by atoms with E-state index in [4.69, 9.17) is 5.73 Å². The van der Waals surface area contributed by atoms with Gasteiger partial charge in [0.2, 0.25) is 5.95 Å². The summed E-state index contributed by atoms with van der Waals surface area (Å²) in [5.41, 5.74) is 7.31. The highest BCUT2D eigenvalue weighted by molar-refractivity contribution is 9.10. The molecule has 6 nitrogen and oxygen atoms in total. The summed E-state index contributed by atoms with van der Waals surface area (Å²) in [6.07, 6.45) is 2.36. The van der Waals surface area contributed by atoms with Gasteiger partial charge in [-0.25, -0.2) is 18.4 Å². The molecule has 2 aromatic heterocycles. The van der Waals surface area contributed by atoms with Crippen LogP contribution in [-0.4, -0.2) is 34.5 Å². The molecule has 19 heavy (non-hydrogen) atoms. The predicted octanol–water partition coefficient (Wildman–Crippen LogP) is 1.21. The maximum absolute atomic E-state index is 11.5. The number of sulfone groups is 1. The molecule has 8 heteroatoms. The number of rotatable bonds is 2. The number of hydrogen-bond donors (Lipinski definition) is 1. The molecule has 1 atom stereocenters. The Balaban J connectivity index is 1.95. The molecule has 1 aliphatic heterocycles. The van der Waals surface area contributed by atoms with Crippen molar-refractivity contribution >= 4 is 42.9 Å². The van der Waals surface area contributed by atoms with Crippen LogP contribution >= 0.6 is 15.9 Å². The number of nitrogens with zero attached hydrogens (tertiary/aromatic N) is 3. The third-order valence-corrected chi connectivity index (χ3v) is 5.62. The minimum absolute atomic E-state index is 0.0927. The van der Waals surface area contributed by atoms with E-state index < -0.39 is 9.84 Å². The molecule has 1 unspecified atom stereocenters. The Labute approximate surface area is 119 Å². The summed E-state index contributed by atoms with van der Waals surface area (Å²) in [5.74, 6) is 0.964. The number of nitrogens with two attached hydrogens (primary N) is 1. The van der Waals surface area contributed by atoms with E-state index in [0.717, 1.165) is 4.47 Å². The molecule has 3 rings (SSSR count). The molecule has 1 fully saturated rings. The second-order valence-electron chi connectivity index (χ2n) is 4.85. The smallest absolute Gasteiger partial charge is 0.202 e. The van der Waals surface area contributed by atoms with Gasteiger partial charge in [-0.1, -0.05) is 0 Å². The summed E-state index contributed by atoms with van der Waals surface area (Å²) >= 11 is 3.34. The molecule has 3 heterocycles. The third kappa shape index (κ3) is 2.46. The van der Waals surface area contributed by atoms with Gasteiger partial charge in [-0.3, -0.25) is 4.57 Å². The summed E-state index contributed by atoms with van der Waals surface area (Å²) in [4.78, 5) is 8.56. The van der Waals surface area contributed by atoms with Gasteiger partial charge in [0.05, 0.1) is 11.5 Å². The van der Waals surface area contributed by atoms with Crippen LogP contribution in [0.15, 0.2) is 16.7 Å². The highest BCUT2D eigenvalue weighted by Gasteiger charge is 2.29. The van der Waals surface area contributed by atoms with Gasteiger partial charge in [-0.2, -0.15) is 0 Å². The summed E-state index contributed by atoms with van der Waals surface area (Å²) in [7, 11) is -2.87. The summed E-state index contributed by atoms with van der Waals surface area (Å²) in [6.45, 7) is 0.552. The number of anilines is 1. The van der Waals surface area contributed by atoms with Crippen LogP contribution in [0.5, 0.6) is 0 Å². The lowest BCUT2D eigenvalue weighted by Gasteiger charge is -2.10. The molecule has 102 valence electrons. The molecule has 1 aliphatic rings. The minimum atomic E-state index is -2.87. The molecule has 0 bridgehead atoms. The zero-order valence-corrected chi connectivity index (χ0v) is 12.5. The van der Waals surface area contributed by atoms with Crippen molar-refractivity contribution in [1.29, 1.82) is 0 Å². The fourth-order valence-electron chi connectivity index (χ4n) is 2.46. The third-order valence-electron chi connectivity index (χ3n) is 3.35. The first kappa shape index (κ1) is 12.9. The van der Waals surface area contributed by atoms with E-state index in [0.29, 0.717) is 30.1 Å². The van der Waals surface area contributed by atoms with E-state index >= 15 is 0 Å². The molecule has 0 spiro atoms. The van der Waals surface area contributed by atoms with E-state index in [-0.39, 0.29) is 17.4 Å². The largest absolute Gasteiger partial charge is 0.369 e. The van der Waals surface area contributed by atoms with Gasteiger partial charge in [0, 0.05) is 17.2 Å². The summed E-state index contributed by atoms with van der Waals surface area (Å²) in [5, 5.41) is 0. The second-order valence-corrected chi connectivity index (χ2v) is 7.99. The van der Waals surface area contributed by atoms with Crippen LogP contribution < -0.4 is 5.73 Å². The molecule has 0 saturated carbocycles. The maximum Gasteiger partial charge on any atom is 0.202 e. The fraction of sp³-hybridized carbons (Fsp3) is 0.455. The maximum atomic E-state index is 11.5. The standard InChI is InChI=1S/C11H13BrN4O2S/c12-8-3-9-10(14-4-8)16(11(13)15-9)5-7-1-2-19(17,18)6-7/h3-4,7H,1-2,5-6H2,(H2,13,15). The highest BCUT2D eigenvalue weighted by Crippen LogP contribution is 2.25. The van der Waals surface area contributed by atoms with Crippen molar-refractivity contribution < 1.29 is 8.42 Å². The van der Waals surface area contributed by atoms with E-state index in [9.17, 15) is 8.42 Å². The highest BCUT2D eigenvalue weighted by atomic mass is 79.9. The van der Waals surface area contributed by atoms with Gasteiger partial charge in [0.1, 0.15) is 5.52 Å². The van der Waals surface area contributed by atoms with E-state index in [2.05, 4.69) is 25.9 Å². The number of aromatic nitrogens is 3. The Morgan fingerprint density at radius 3 is 3.00 bits per heavy atom. The molecule has 0 radical (unpaired) electrons. The van der Waals surface area contributed by atoms with Crippen LogP contribution in [0.4, 0.5) is 5.95 Å². The van der Waals surface area contributed by atoms with Crippen molar-refractivity contribution in [2.24, 2.45) is 5.92 Å². The molecule has 0 aliphatic carbocycles. The Hall–Kier alpha value is -1.15. The Morgan fingerprint density at radius 1 is 1.53 bits per heavy atom. The Bertz CT molecular complexity index is 740. The van der Waals surface area contributed by atoms with Crippen LogP contribution in [-0.2, 0) is 16.4 Å². The van der Waals surface area contributed by atoms with Gasteiger partial charge in [-0.05, 0) is 34.3 Å². The zero-order valence-electron chi connectivity index (χ0n) is 10.1. The molecule has 0 amide bonds. The summed E-state index contributed by atoms with van der Waals surface area (Å²) < 4.78 is 25.6. The zero-order chi connectivity index (χ0) is 13.6. The van der Waals surface area contributed by atoms with E-state index in [1.807, 2.05) is 6.07 Å². The molecule has 2 aromatic rings. The van der Waals surface area contributed by atoms with E-state index in [1.54, 1.807) is 10.8 Å². The molecular weight excluding hydrogens is 332 g/mol. The van der Waals surface area contributed by atoms with Gasteiger partial charge in [0.15, 0.2) is 15.5 Å². The number of hydrogen-bond acceptors (Lipinski definition) is 5. The SMILES string of the molecule is Nc1nc2cc(Br)cnc2n1CC1CCS(=O)(=O)C1. The first-order chi connectivity index (χ1) is 8.94. The Morgan fingerprint density at radius 2 is 2.32 bits per heavy atom. The van der Waals surface area contributed by atoms with Crippen molar-refractivity contribution in [2.45, 2.75) is 13.0 Å². The summed E-state index contributed by atoms with van der Waals surface area (Å²) in [6, 6.07) is 1.85. The van der Waals surface area contributed by atoms with Crippen LogP contribution in [0.3, 0.4) is 0 Å². The van der Waals surface area contributed by atoms with Crippen molar-refractivity contribution in [2.75, 3.05) is 17.2 Å². The average Bonchev–Trinajstić information content (AvgIpc) is 2.80. The lowest BCUT2D eigenvalue weighted by Crippen LogP contribution is -2.14. The molecule has 0 aromatic carbocycles. The first-order valence-electron chi connectivity index (χ1n) is 5.92. The van der Waals surface area contributed by atoms with Crippen LogP contribution in [0, 0.1) is 5.92 Å². The average molecular weight is 345 g/mol. The van der Waals surface area contributed by atoms with Crippen molar-refractivity contribution in [3.8, 4) is 0 Å². The number of pyridine rings is 1. The Kier molecular flexibility index (Phi) is 3.01. The van der Waals surface area contributed by atoms with Gasteiger partial charge in [0.25, 0.3) is 0 Å². The van der Waals surface area contributed by atoms with Crippen molar-refractivity contribution in [3.63, 3.8) is 0 Å². The quantitative estimate of drug-likeness (QED) is 0.884. The number of imidazole rings is 1. The van der Waals surface area contributed by atoms with Crippen LogP contribution in [0.2, 0.25) is 0 Å². The number of fused-ring (bicyclic) bond motifs is 1. The van der Waals surface area contributed by atoms with Crippen molar-refractivity contribution in [3.05, 3.63) is 16.7 Å². The first-order valence-corrected chi connectivity index (χ1v) is 8.54. The topological polar surface area (TPSA) is 90.9 Å². The van der Waals surface area contributed by atoms with Gasteiger partial charge >= 0.3 is 0 Å². The lowest BCUT2D eigenvalue weighted by molar-refractivity contribution is 0.501. The van der Waals surface area contributed by atoms with Crippen LogP contribution in [0.1, 0.15) is 6.42 Å². The fourth-order valence-corrected chi connectivity index (χ4v) is 4.63. The molecule has 2 N–H and O–H groups in total. The van der Waals surface area contributed by atoms with Crippen molar-refractivity contribution in [1.82, 2.24) is 14.5 Å². The number of nitrogen functional groups attached to an aromatic ring is 1. The van der Waals surface area contributed by atoms with E-state index in [1.165, 1.54) is 0 Å². The molecular formula is C11H13BrN4O2S. The lowest BCUT2D eigenvalue weighted by atomic mass is 10.1. The number of halogens is 1. The van der Waals surface area contributed by atoms with Gasteiger partial charge in [-0.15, -0.1) is 0 Å². The normalized spacial score (nSPS) is 22.1. The second kappa shape index (κ2) is 4.45.